The van der Waals surface area contributed by atoms with Crippen molar-refractivity contribution in [2.24, 2.45) is 0 Å². The van der Waals surface area contributed by atoms with Crippen molar-refractivity contribution in [3.05, 3.63) is 58.0 Å². The Hall–Kier alpha value is -2.53. The van der Waals surface area contributed by atoms with Gasteiger partial charge in [-0.05, 0) is 30.3 Å². The second-order valence-corrected chi connectivity index (χ2v) is 4.94. The van der Waals surface area contributed by atoms with Crippen LogP contribution >= 0.6 is 11.6 Å². The number of hydrogen-bond acceptors (Lipinski definition) is 2. The molecule has 0 aliphatic heterocycles. The molecule has 2 heterocycles. The van der Waals surface area contributed by atoms with E-state index in [-0.39, 0.29) is 5.69 Å². The first-order chi connectivity index (χ1) is 9.72. The molecule has 20 heavy (non-hydrogen) atoms. The van der Waals surface area contributed by atoms with Gasteiger partial charge in [-0.1, -0.05) is 23.7 Å². The molecule has 0 saturated heterocycles. The van der Waals surface area contributed by atoms with Crippen molar-refractivity contribution < 1.29 is 0 Å². The summed E-state index contributed by atoms with van der Waals surface area (Å²) in [6.07, 6.45) is 0. The molecule has 98 valence electrons. The summed E-state index contributed by atoms with van der Waals surface area (Å²) in [7, 11) is 0. The van der Waals surface area contributed by atoms with E-state index in [9.17, 15) is 4.79 Å². The first kappa shape index (κ1) is 11.3. The number of nitrogens with zero attached hydrogens (tertiary/aromatic N) is 2. The summed E-state index contributed by atoms with van der Waals surface area (Å²) in [6, 6.07) is 12.9. The fourth-order valence-electron chi connectivity index (χ4n) is 2.34. The molecule has 2 N–H and O–H groups in total. The lowest BCUT2D eigenvalue weighted by Crippen LogP contribution is -2.15. The number of hydrogen-bond donors (Lipinski definition) is 2. The fourth-order valence-corrected chi connectivity index (χ4v) is 2.51. The average Bonchev–Trinajstić information content (AvgIpc) is 2.97. The van der Waals surface area contributed by atoms with E-state index in [0.29, 0.717) is 16.5 Å². The molecule has 6 heteroatoms. The number of para-hydroxylation sites is 2. The van der Waals surface area contributed by atoms with Crippen molar-refractivity contribution in [3.8, 4) is 5.95 Å². The summed E-state index contributed by atoms with van der Waals surface area (Å²) in [5, 5.41) is 0.579. The van der Waals surface area contributed by atoms with E-state index >= 15 is 0 Å². The largest absolute Gasteiger partial charge is 0.333 e. The number of rotatable bonds is 1. The van der Waals surface area contributed by atoms with Crippen molar-refractivity contribution >= 4 is 33.7 Å². The molecule has 2 aromatic heterocycles. The van der Waals surface area contributed by atoms with Gasteiger partial charge in [-0.2, -0.15) is 0 Å². The van der Waals surface area contributed by atoms with Crippen molar-refractivity contribution in [1.82, 2.24) is 19.5 Å². The summed E-state index contributed by atoms with van der Waals surface area (Å²) in [6.45, 7) is 0. The van der Waals surface area contributed by atoms with Crippen molar-refractivity contribution in [3.63, 3.8) is 0 Å². The Bertz CT molecular complexity index is 962. The van der Waals surface area contributed by atoms with Crippen LogP contribution in [0.4, 0.5) is 0 Å². The highest BCUT2D eigenvalue weighted by atomic mass is 35.5. The van der Waals surface area contributed by atoms with Gasteiger partial charge in [0.1, 0.15) is 0 Å². The lowest BCUT2D eigenvalue weighted by atomic mass is 10.3. The van der Waals surface area contributed by atoms with Gasteiger partial charge in [-0.3, -0.25) is 0 Å². The van der Waals surface area contributed by atoms with E-state index in [2.05, 4.69) is 15.0 Å². The molecule has 0 amide bonds. The highest BCUT2D eigenvalue weighted by Gasteiger charge is 2.12. The normalized spacial score (nSPS) is 11.4. The van der Waals surface area contributed by atoms with E-state index in [4.69, 9.17) is 11.6 Å². The minimum Gasteiger partial charge on any atom is -0.323 e. The van der Waals surface area contributed by atoms with E-state index in [0.717, 1.165) is 16.6 Å². The van der Waals surface area contributed by atoms with Crippen molar-refractivity contribution in [2.75, 3.05) is 0 Å². The zero-order valence-corrected chi connectivity index (χ0v) is 11.0. The molecular formula is C14H9ClN4O. The summed E-state index contributed by atoms with van der Waals surface area (Å²) >= 11 is 5.94. The third-order valence-electron chi connectivity index (χ3n) is 3.23. The van der Waals surface area contributed by atoms with Gasteiger partial charge in [0.25, 0.3) is 0 Å². The molecule has 0 unspecified atom stereocenters. The smallest absolute Gasteiger partial charge is 0.323 e. The lowest BCUT2D eigenvalue weighted by Gasteiger charge is -1.97. The van der Waals surface area contributed by atoms with Gasteiger partial charge < -0.3 is 9.97 Å². The number of halogens is 1. The predicted octanol–water partition coefficient (Wildman–Crippen LogP) is 2.85. The second kappa shape index (κ2) is 3.98. The Balaban J connectivity index is 2.06. The Morgan fingerprint density at radius 3 is 2.75 bits per heavy atom. The van der Waals surface area contributed by atoms with Gasteiger partial charge in [0.2, 0.25) is 5.95 Å². The maximum Gasteiger partial charge on any atom is 0.333 e. The zero-order valence-electron chi connectivity index (χ0n) is 10.2. The zero-order chi connectivity index (χ0) is 13.7. The van der Waals surface area contributed by atoms with Crippen LogP contribution in [0.25, 0.3) is 28.0 Å². The standard InChI is InChI=1S/C14H9ClN4O/c15-8-5-6-12-11(7-8)18-14(20)19(12)13-16-9-3-1-2-4-10(9)17-13/h1-7H,(H,16,17)(H,18,20). The van der Waals surface area contributed by atoms with Gasteiger partial charge >= 0.3 is 5.69 Å². The maximum atomic E-state index is 12.1. The molecule has 2 aromatic carbocycles. The monoisotopic (exact) mass is 284 g/mol. The summed E-state index contributed by atoms with van der Waals surface area (Å²) in [5.74, 6) is 0.491. The summed E-state index contributed by atoms with van der Waals surface area (Å²) in [5.41, 5.74) is 2.87. The quantitative estimate of drug-likeness (QED) is 0.564. The lowest BCUT2D eigenvalue weighted by molar-refractivity contribution is 0.944. The minimum absolute atomic E-state index is 0.249. The average molecular weight is 285 g/mol. The molecule has 0 bridgehead atoms. The third kappa shape index (κ3) is 1.57. The predicted molar refractivity (Wildman–Crippen MR) is 78.6 cm³/mol. The number of benzene rings is 2. The highest BCUT2D eigenvalue weighted by molar-refractivity contribution is 6.31. The van der Waals surface area contributed by atoms with Crippen LogP contribution in [0.3, 0.4) is 0 Å². The van der Waals surface area contributed by atoms with E-state index in [1.165, 1.54) is 4.57 Å². The second-order valence-electron chi connectivity index (χ2n) is 4.50. The molecular weight excluding hydrogens is 276 g/mol. The van der Waals surface area contributed by atoms with Gasteiger partial charge in [-0.15, -0.1) is 0 Å². The minimum atomic E-state index is -0.249. The van der Waals surface area contributed by atoms with Gasteiger partial charge in [-0.25, -0.2) is 14.3 Å². The van der Waals surface area contributed by atoms with Crippen molar-refractivity contribution in [2.45, 2.75) is 0 Å². The van der Waals surface area contributed by atoms with Crippen LogP contribution < -0.4 is 5.69 Å². The Labute approximate surface area is 117 Å². The number of imidazole rings is 2. The SMILES string of the molecule is O=c1[nH]c2cc(Cl)ccc2n1-c1nc2ccccc2[nH]1. The Morgan fingerprint density at radius 1 is 1.05 bits per heavy atom. The Morgan fingerprint density at radius 2 is 1.90 bits per heavy atom. The van der Waals surface area contributed by atoms with Gasteiger partial charge in [0.15, 0.2) is 0 Å². The highest BCUT2D eigenvalue weighted by Crippen LogP contribution is 2.19. The summed E-state index contributed by atoms with van der Waals surface area (Å²) in [4.78, 5) is 22.5. The molecule has 4 rings (SSSR count). The van der Waals surface area contributed by atoms with Crippen molar-refractivity contribution in [1.29, 1.82) is 0 Å². The van der Waals surface area contributed by atoms with Crippen LogP contribution in [0, 0.1) is 0 Å². The van der Waals surface area contributed by atoms with E-state index < -0.39 is 0 Å². The number of aromatic amines is 2. The molecule has 5 nitrogen and oxygen atoms in total. The number of aromatic nitrogens is 4. The van der Waals surface area contributed by atoms with Crippen LogP contribution in [0.5, 0.6) is 0 Å². The van der Waals surface area contributed by atoms with Crippen LogP contribution in [0.15, 0.2) is 47.3 Å². The van der Waals surface area contributed by atoms with Crippen LogP contribution in [-0.2, 0) is 0 Å². The first-order valence-corrected chi connectivity index (χ1v) is 6.45. The fraction of sp³-hybridized carbons (Fsp3) is 0. The topological polar surface area (TPSA) is 66.5 Å². The molecule has 4 aromatic rings. The molecule has 0 fully saturated rings. The summed E-state index contributed by atoms with van der Waals surface area (Å²) < 4.78 is 1.51. The molecule has 0 aliphatic rings. The molecule has 0 saturated carbocycles. The van der Waals surface area contributed by atoms with Crippen LogP contribution in [-0.4, -0.2) is 19.5 Å². The number of nitrogens with one attached hydrogen (secondary N) is 2. The van der Waals surface area contributed by atoms with Gasteiger partial charge in [0.05, 0.1) is 22.1 Å². The maximum absolute atomic E-state index is 12.1. The van der Waals surface area contributed by atoms with Gasteiger partial charge in [0, 0.05) is 5.02 Å². The molecule has 0 spiro atoms. The molecule has 0 atom stereocenters. The number of H-pyrrole nitrogens is 2. The Kier molecular flexibility index (Phi) is 2.25. The van der Waals surface area contributed by atoms with E-state index in [1.807, 2.05) is 24.3 Å². The molecule has 0 aliphatic carbocycles. The van der Waals surface area contributed by atoms with Crippen LogP contribution in [0.1, 0.15) is 0 Å². The first-order valence-electron chi connectivity index (χ1n) is 6.08. The molecule has 0 radical (unpaired) electrons. The van der Waals surface area contributed by atoms with Crippen LogP contribution in [0.2, 0.25) is 5.02 Å². The number of fused-ring (bicyclic) bond motifs is 2. The third-order valence-corrected chi connectivity index (χ3v) is 3.47. The van der Waals surface area contributed by atoms with E-state index in [1.54, 1.807) is 18.2 Å².